The average Bonchev–Trinajstić information content (AvgIpc) is 2.71. The topological polar surface area (TPSA) is 62.7 Å². The Balaban J connectivity index is 1.78. The molecule has 1 N–H and O–H groups in total. The van der Waals surface area contributed by atoms with E-state index >= 15 is 0 Å². The molecular formula is C17H24N2O3. The minimum absolute atomic E-state index is 0.0406. The number of carbonyl (C=O) groups excluding carboxylic acids is 1. The summed E-state index contributed by atoms with van der Waals surface area (Å²) in [6, 6.07) is 3.84. The van der Waals surface area contributed by atoms with Gasteiger partial charge in [0.25, 0.3) is 0 Å². The fraction of sp³-hybridized carbons (Fsp3) is 0.647. The summed E-state index contributed by atoms with van der Waals surface area (Å²) in [6.07, 6.45) is 6.12. The van der Waals surface area contributed by atoms with Crippen LogP contribution < -0.4 is 0 Å². The second-order valence-electron chi connectivity index (χ2n) is 7.45. The minimum atomic E-state index is -0.890. The van der Waals surface area contributed by atoms with Crippen LogP contribution in [0.1, 0.15) is 52.0 Å². The highest BCUT2D eigenvalue weighted by Crippen LogP contribution is 2.45. The third-order valence-electron chi connectivity index (χ3n) is 4.57. The van der Waals surface area contributed by atoms with Gasteiger partial charge in [0.2, 0.25) is 0 Å². The first-order chi connectivity index (χ1) is 10.3. The molecule has 1 amide bonds. The van der Waals surface area contributed by atoms with E-state index in [1.54, 1.807) is 12.4 Å². The van der Waals surface area contributed by atoms with Gasteiger partial charge in [-0.2, -0.15) is 0 Å². The highest BCUT2D eigenvalue weighted by atomic mass is 16.6. The number of carbonyl (C=O) groups is 1. The molecule has 22 heavy (non-hydrogen) atoms. The fourth-order valence-corrected chi connectivity index (χ4v) is 3.71. The normalized spacial score (nSPS) is 31.2. The molecule has 3 heterocycles. The van der Waals surface area contributed by atoms with E-state index in [0.29, 0.717) is 12.8 Å². The highest BCUT2D eigenvalue weighted by molar-refractivity contribution is 5.69. The number of hydrogen-bond donors (Lipinski definition) is 1. The van der Waals surface area contributed by atoms with Crippen LogP contribution in [0.5, 0.6) is 0 Å². The SMILES string of the molecule is CC(C)(C)OC(=O)N1C2CCC1CC(O)(c1cccnc1)C2. The van der Waals surface area contributed by atoms with Gasteiger partial charge in [0, 0.05) is 42.9 Å². The van der Waals surface area contributed by atoms with E-state index in [0.717, 1.165) is 18.4 Å². The maximum absolute atomic E-state index is 12.4. The third kappa shape index (κ3) is 2.82. The first-order valence-corrected chi connectivity index (χ1v) is 7.93. The van der Waals surface area contributed by atoms with Gasteiger partial charge in [-0.3, -0.25) is 4.98 Å². The molecule has 0 radical (unpaired) electrons. The molecule has 2 fully saturated rings. The maximum Gasteiger partial charge on any atom is 0.410 e. The Kier molecular flexibility index (Phi) is 3.63. The molecule has 2 unspecified atom stereocenters. The largest absolute Gasteiger partial charge is 0.444 e. The number of ether oxygens (including phenoxy) is 1. The molecule has 3 rings (SSSR count). The number of nitrogens with zero attached hydrogens (tertiary/aromatic N) is 2. The van der Waals surface area contributed by atoms with E-state index in [4.69, 9.17) is 4.74 Å². The molecule has 2 aliphatic heterocycles. The molecular weight excluding hydrogens is 280 g/mol. The number of hydrogen-bond acceptors (Lipinski definition) is 4. The lowest BCUT2D eigenvalue weighted by molar-refractivity contribution is -0.0625. The standard InChI is InChI=1S/C17H24N2O3/c1-16(2,3)22-15(20)19-13-6-7-14(19)10-17(21,9-13)12-5-4-8-18-11-12/h4-5,8,11,13-14,21H,6-7,9-10H2,1-3H3. The van der Waals surface area contributed by atoms with Gasteiger partial charge in [0.15, 0.2) is 0 Å². The van der Waals surface area contributed by atoms with Crippen LogP contribution in [0.15, 0.2) is 24.5 Å². The lowest BCUT2D eigenvalue weighted by Crippen LogP contribution is -2.53. The van der Waals surface area contributed by atoms with Crippen LogP contribution >= 0.6 is 0 Å². The molecule has 0 aromatic carbocycles. The number of amides is 1. The monoisotopic (exact) mass is 304 g/mol. The van der Waals surface area contributed by atoms with Crippen molar-refractivity contribution in [2.75, 3.05) is 0 Å². The molecule has 2 saturated heterocycles. The lowest BCUT2D eigenvalue weighted by atomic mass is 9.81. The fourth-order valence-electron chi connectivity index (χ4n) is 3.71. The van der Waals surface area contributed by atoms with Crippen molar-refractivity contribution < 1.29 is 14.6 Å². The summed E-state index contributed by atoms with van der Waals surface area (Å²) >= 11 is 0. The molecule has 2 atom stereocenters. The molecule has 2 bridgehead atoms. The molecule has 1 aromatic heterocycles. The predicted molar refractivity (Wildman–Crippen MR) is 82.3 cm³/mol. The number of aromatic nitrogens is 1. The van der Waals surface area contributed by atoms with Gasteiger partial charge in [-0.05, 0) is 39.7 Å². The zero-order chi connectivity index (χ0) is 16.0. The smallest absolute Gasteiger partial charge is 0.410 e. The minimum Gasteiger partial charge on any atom is -0.444 e. The molecule has 5 nitrogen and oxygen atoms in total. The number of aliphatic hydroxyl groups is 1. The van der Waals surface area contributed by atoms with Crippen molar-refractivity contribution in [3.63, 3.8) is 0 Å². The van der Waals surface area contributed by atoms with Gasteiger partial charge < -0.3 is 14.7 Å². The Morgan fingerprint density at radius 2 is 2.00 bits per heavy atom. The maximum atomic E-state index is 12.4. The molecule has 120 valence electrons. The molecule has 2 aliphatic rings. The summed E-state index contributed by atoms with van der Waals surface area (Å²) in [4.78, 5) is 18.4. The molecule has 5 heteroatoms. The van der Waals surface area contributed by atoms with E-state index in [9.17, 15) is 9.90 Å². The van der Waals surface area contributed by atoms with E-state index in [1.165, 1.54) is 0 Å². The zero-order valence-corrected chi connectivity index (χ0v) is 13.5. The number of piperidine rings is 1. The van der Waals surface area contributed by atoms with Crippen LogP contribution in [0.3, 0.4) is 0 Å². The summed E-state index contributed by atoms with van der Waals surface area (Å²) in [5.41, 5.74) is -0.539. The van der Waals surface area contributed by atoms with Gasteiger partial charge >= 0.3 is 6.09 Å². The van der Waals surface area contributed by atoms with Crippen LogP contribution in [0.4, 0.5) is 4.79 Å². The van der Waals surface area contributed by atoms with Crippen LogP contribution in [0.25, 0.3) is 0 Å². The summed E-state index contributed by atoms with van der Waals surface area (Å²) in [5.74, 6) is 0. The highest BCUT2D eigenvalue weighted by Gasteiger charge is 2.51. The van der Waals surface area contributed by atoms with Crippen LogP contribution in [-0.4, -0.2) is 38.8 Å². The first-order valence-electron chi connectivity index (χ1n) is 7.93. The number of pyridine rings is 1. The Morgan fingerprint density at radius 3 is 2.50 bits per heavy atom. The summed E-state index contributed by atoms with van der Waals surface area (Å²) in [5, 5.41) is 11.0. The van der Waals surface area contributed by atoms with Gasteiger partial charge in [0.1, 0.15) is 5.60 Å². The number of rotatable bonds is 1. The number of fused-ring (bicyclic) bond motifs is 2. The molecule has 0 aliphatic carbocycles. The molecule has 0 spiro atoms. The molecule has 1 aromatic rings. The second kappa shape index (κ2) is 5.23. The van der Waals surface area contributed by atoms with Crippen molar-refractivity contribution in [2.24, 2.45) is 0 Å². The predicted octanol–water partition coefficient (Wildman–Crippen LogP) is 2.83. The van der Waals surface area contributed by atoms with E-state index in [1.807, 2.05) is 37.8 Å². The van der Waals surface area contributed by atoms with E-state index in [2.05, 4.69) is 4.98 Å². The van der Waals surface area contributed by atoms with Crippen molar-refractivity contribution in [3.8, 4) is 0 Å². The summed E-state index contributed by atoms with van der Waals surface area (Å²) < 4.78 is 5.52. The van der Waals surface area contributed by atoms with Crippen LogP contribution in [0.2, 0.25) is 0 Å². The van der Waals surface area contributed by atoms with Crippen molar-refractivity contribution in [1.82, 2.24) is 9.88 Å². The first kappa shape index (κ1) is 15.3. The van der Waals surface area contributed by atoms with Crippen molar-refractivity contribution in [3.05, 3.63) is 30.1 Å². The Morgan fingerprint density at radius 1 is 1.36 bits per heavy atom. The van der Waals surface area contributed by atoms with Gasteiger partial charge in [0.05, 0.1) is 5.60 Å². The van der Waals surface area contributed by atoms with Gasteiger partial charge in [-0.25, -0.2) is 4.79 Å². The van der Waals surface area contributed by atoms with Crippen LogP contribution in [-0.2, 0) is 10.3 Å². The van der Waals surface area contributed by atoms with E-state index < -0.39 is 11.2 Å². The Labute approximate surface area is 131 Å². The quantitative estimate of drug-likeness (QED) is 0.866. The van der Waals surface area contributed by atoms with Gasteiger partial charge in [-0.1, -0.05) is 6.07 Å². The summed E-state index contributed by atoms with van der Waals surface area (Å²) in [7, 11) is 0. The van der Waals surface area contributed by atoms with Crippen molar-refractivity contribution in [1.29, 1.82) is 0 Å². The summed E-state index contributed by atoms with van der Waals surface area (Å²) in [6.45, 7) is 5.63. The van der Waals surface area contributed by atoms with Crippen molar-refractivity contribution in [2.45, 2.75) is 69.7 Å². The van der Waals surface area contributed by atoms with E-state index in [-0.39, 0.29) is 18.2 Å². The average molecular weight is 304 g/mol. The van der Waals surface area contributed by atoms with Crippen LogP contribution in [0, 0.1) is 0 Å². The zero-order valence-electron chi connectivity index (χ0n) is 13.5. The lowest BCUT2D eigenvalue weighted by Gasteiger charge is -2.44. The second-order valence-corrected chi connectivity index (χ2v) is 7.45. The van der Waals surface area contributed by atoms with Gasteiger partial charge in [-0.15, -0.1) is 0 Å². The third-order valence-corrected chi connectivity index (χ3v) is 4.57. The Bertz CT molecular complexity index is 539. The Hall–Kier alpha value is -1.62. The molecule has 0 saturated carbocycles. The van der Waals surface area contributed by atoms with Crippen molar-refractivity contribution >= 4 is 6.09 Å².